The van der Waals surface area contributed by atoms with E-state index in [4.69, 9.17) is 9.72 Å². The highest BCUT2D eigenvalue weighted by atomic mass is 32.2. The van der Waals surface area contributed by atoms with Gasteiger partial charge < -0.3 is 4.74 Å². The number of aromatic nitrogens is 2. The number of thioether (sulfide) groups is 1. The van der Waals surface area contributed by atoms with Crippen molar-refractivity contribution >= 4 is 39.3 Å². The Morgan fingerprint density at radius 2 is 2.04 bits per heavy atom. The zero-order valence-electron chi connectivity index (χ0n) is 15.8. The lowest BCUT2D eigenvalue weighted by atomic mass is 9.97. The maximum atomic E-state index is 13.5. The van der Waals surface area contributed by atoms with Crippen molar-refractivity contribution < 1.29 is 9.53 Å². The quantitative estimate of drug-likeness (QED) is 0.340. The number of carbonyl (C=O) groups excluding carboxylic acids is 1. The van der Waals surface area contributed by atoms with Crippen LogP contribution in [0.4, 0.5) is 0 Å². The minimum Gasteiger partial charge on any atom is -0.466 e. The Labute approximate surface area is 171 Å². The van der Waals surface area contributed by atoms with Crippen molar-refractivity contribution in [1.29, 1.82) is 0 Å². The Morgan fingerprint density at radius 1 is 1.25 bits per heavy atom. The van der Waals surface area contributed by atoms with Crippen molar-refractivity contribution in [1.82, 2.24) is 9.55 Å². The molecule has 28 heavy (non-hydrogen) atoms. The number of para-hydroxylation sites is 1. The highest BCUT2D eigenvalue weighted by molar-refractivity contribution is 7.99. The molecule has 146 valence electrons. The van der Waals surface area contributed by atoms with E-state index in [2.05, 4.69) is 0 Å². The van der Waals surface area contributed by atoms with Crippen LogP contribution in [0.5, 0.6) is 0 Å². The first-order valence-corrected chi connectivity index (χ1v) is 11.4. The van der Waals surface area contributed by atoms with Crippen molar-refractivity contribution in [3.05, 3.63) is 51.1 Å². The molecule has 0 saturated heterocycles. The third-order valence-electron chi connectivity index (χ3n) is 4.82. The van der Waals surface area contributed by atoms with E-state index >= 15 is 0 Å². The average molecular weight is 415 g/mol. The van der Waals surface area contributed by atoms with Crippen LogP contribution in [0.1, 0.15) is 36.6 Å². The zero-order chi connectivity index (χ0) is 19.5. The van der Waals surface area contributed by atoms with Gasteiger partial charge >= 0.3 is 5.97 Å². The first-order valence-electron chi connectivity index (χ1n) is 9.60. The molecule has 7 heteroatoms. The van der Waals surface area contributed by atoms with Gasteiger partial charge in [-0.15, -0.1) is 11.3 Å². The second kappa shape index (κ2) is 8.49. The Morgan fingerprint density at radius 3 is 2.82 bits per heavy atom. The van der Waals surface area contributed by atoms with Crippen LogP contribution in [0.25, 0.3) is 15.9 Å². The molecular formula is C21H22N2O3S2. The lowest BCUT2D eigenvalue weighted by molar-refractivity contribution is -0.142. The van der Waals surface area contributed by atoms with Gasteiger partial charge in [-0.3, -0.25) is 14.2 Å². The fraction of sp³-hybridized carbons (Fsp3) is 0.381. The zero-order valence-corrected chi connectivity index (χ0v) is 17.4. The molecule has 0 bridgehead atoms. The van der Waals surface area contributed by atoms with Gasteiger partial charge in [0, 0.05) is 10.6 Å². The van der Waals surface area contributed by atoms with Crippen LogP contribution in [-0.4, -0.2) is 27.9 Å². The molecule has 0 radical (unpaired) electrons. The summed E-state index contributed by atoms with van der Waals surface area (Å²) in [5.74, 6) is 0.297. The van der Waals surface area contributed by atoms with E-state index in [1.54, 1.807) is 22.8 Å². The minimum atomic E-state index is -0.226. The minimum absolute atomic E-state index is 0.00534. The molecule has 4 rings (SSSR count). The predicted octanol–water partition coefficient (Wildman–Crippen LogP) is 4.37. The number of aryl methyl sites for hydroxylation is 2. The molecule has 1 aliphatic rings. The maximum Gasteiger partial charge on any atom is 0.306 e. The van der Waals surface area contributed by atoms with Crippen LogP contribution in [0, 0.1) is 0 Å². The first kappa shape index (κ1) is 19.2. The van der Waals surface area contributed by atoms with Crippen LogP contribution >= 0.6 is 23.1 Å². The average Bonchev–Trinajstić information content (AvgIpc) is 3.07. The number of hydrogen-bond acceptors (Lipinski definition) is 6. The summed E-state index contributed by atoms with van der Waals surface area (Å²) in [4.78, 5) is 32.2. The molecule has 0 spiro atoms. The summed E-state index contributed by atoms with van der Waals surface area (Å²) in [6, 6.07) is 9.61. The first-order chi connectivity index (χ1) is 13.7. The number of benzene rings is 1. The highest BCUT2D eigenvalue weighted by Crippen LogP contribution is 2.35. The molecule has 1 aromatic carbocycles. The molecule has 0 fully saturated rings. The number of ether oxygens (including phenoxy) is 1. The van der Waals surface area contributed by atoms with Crippen LogP contribution in [0.3, 0.4) is 0 Å². The second-order valence-electron chi connectivity index (χ2n) is 6.67. The fourth-order valence-corrected chi connectivity index (χ4v) is 5.78. The normalized spacial score (nSPS) is 13.5. The maximum absolute atomic E-state index is 13.5. The highest BCUT2D eigenvalue weighted by Gasteiger charge is 2.22. The van der Waals surface area contributed by atoms with Crippen LogP contribution in [0.2, 0.25) is 0 Å². The fourth-order valence-electron chi connectivity index (χ4n) is 3.55. The van der Waals surface area contributed by atoms with Gasteiger partial charge in [0.25, 0.3) is 5.56 Å². The third kappa shape index (κ3) is 3.73. The van der Waals surface area contributed by atoms with E-state index in [1.807, 2.05) is 30.3 Å². The van der Waals surface area contributed by atoms with Crippen LogP contribution in [-0.2, 0) is 22.4 Å². The Hall–Kier alpha value is -2.12. The standard InChI is InChI=1S/C21H22N2O3S2/c1-2-26-17(24)12-13-27-21-22-19-18(15-10-6-7-11-16(15)28-19)20(25)23(21)14-8-4-3-5-9-14/h3-5,8-9H,2,6-7,10-13H2,1H3. The second-order valence-corrected chi connectivity index (χ2v) is 8.81. The molecule has 0 aliphatic heterocycles. The van der Waals surface area contributed by atoms with Gasteiger partial charge in [-0.25, -0.2) is 4.98 Å². The number of hydrogen-bond donors (Lipinski definition) is 0. The smallest absolute Gasteiger partial charge is 0.306 e. The van der Waals surface area contributed by atoms with E-state index in [9.17, 15) is 9.59 Å². The van der Waals surface area contributed by atoms with Crippen molar-refractivity contribution in [2.45, 2.75) is 44.2 Å². The summed E-state index contributed by atoms with van der Waals surface area (Å²) in [5.41, 5.74) is 1.99. The van der Waals surface area contributed by atoms with Gasteiger partial charge in [0.05, 0.1) is 24.1 Å². The van der Waals surface area contributed by atoms with Gasteiger partial charge in [-0.05, 0) is 50.3 Å². The van der Waals surface area contributed by atoms with Crippen molar-refractivity contribution in [2.24, 2.45) is 0 Å². The number of esters is 1. The van der Waals surface area contributed by atoms with Crippen LogP contribution < -0.4 is 5.56 Å². The lowest BCUT2D eigenvalue weighted by Crippen LogP contribution is -2.22. The summed E-state index contributed by atoms with van der Waals surface area (Å²) in [6.07, 6.45) is 4.58. The topological polar surface area (TPSA) is 61.2 Å². The Kier molecular flexibility index (Phi) is 5.82. The van der Waals surface area contributed by atoms with Crippen LogP contribution in [0.15, 0.2) is 40.3 Å². The summed E-state index contributed by atoms with van der Waals surface area (Å²) < 4.78 is 6.70. The molecule has 1 aliphatic carbocycles. The number of nitrogens with zero attached hydrogens (tertiary/aromatic N) is 2. The SMILES string of the molecule is CCOC(=O)CCSc1nc2sc3c(c2c(=O)n1-c1ccccc1)CCCC3. The van der Waals surface area contributed by atoms with E-state index in [1.165, 1.54) is 28.6 Å². The number of carbonyl (C=O) groups is 1. The largest absolute Gasteiger partial charge is 0.466 e. The monoisotopic (exact) mass is 414 g/mol. The molecule has 5 nitrogen and oxygen atoms in total. The summed E-state index contributed by atoms with van der Waals surface area (Å²) in [6.45, 7) is 2.18. The molecule has 0 unspecified atom stereocenters. The predicted molar refractivity (Wildman–Crippen MR) is 114 cm³/mol. The molecule has 2 heterocycles. The molecule has 0 N–H and O–H groups in total. The van der Waals surface area contributed by atoms with Gasteiger partial charge in [0.15, 0.2) is 5.16 Å². The summed E-state index contributed by atoms with van der Waals surface area (Å²) >= 11 is 3.08. The number of rotatable bonds is 6. The van der Waals surface area contributed by atoms with Gasteiger partial charge in [-0.1, -0.05) is 30.0 Å². The van der Waals surface area contributed by atoms with Crippen molar-refractivity contribution in [3.63, 3.8) is 0 Å². The number of fused-ring (bicyclic) bond motifs is 3. The van der Waals surface area contributed by atoms with E-state index in [0.29, 0.717) is 23.9 Å². The van der Waals surface area contributed by atoms with Gasteiger partial charge in [0.1, 0.15) is 4.83 Å². The molecule has 0 saturated carbocycles. The van der Waals surface area contributed by atoms with Gasteiger partial charge in [-0.2, -0.15) is 0 Å². The Bertz CT molecular complexity index is 1060. The van der Waals surface area contributed by atoms with Gasteiger partial charge in [0.2, 0.25) is 0 Å². The molecule has 0 atom stereocenters. The van der Waals surface area contributed by atoms with E-state index in [0.717, 1.165) is 35.2 Å². The Balaban J connectivity index is 1.78. The summed E-state index contributed by atoms with van der Waals surface area (Å²) in [5, 5.41) is 1.41. The lowest BCUT2D eigenvalue weighted by Gasteiger charge is -2.13. The van der Waals surface area contributed by atoms with E-state index in [-0.39, 0.29) is 11.5 Å². The molecule has 0 amide bonds. The molecule has 3 aromatic rings. The third-order valence-corrected chi connectivity index (χ3v) is 6.94. The van der Waals surface area contributed by atoms with Crippen molar-refractivity contribution in [2.75, 3.05) is 12.4 Å². The van der Waals surface area contributed by atoms with Crippen molar-refractivity contribution in [3.8, 4) is 5.69 Å². The van der Waals surface area contributed by atoms with E-state index < -0.39 is 0 Å². The number of thiophene rings is 1. The molecule has 2 aromatic heterocycles. The summed E-state index contributed by atoms with van der Waals surface area (Å²) in [7, 11) is 0. The molecular weight excluding hydrogens is 392 g/mol.